The summed E-state index contributed by atoms with van der Waals surface area (Å²) in [5.74, 6) is -0.181. The van der Waals surface area contributed by atoms with E-state index in [1.165, 1.54) is 24.3 Å². The van der Waals surface area contributed by atoms with Gasteiger partial charge < -0.3 is 20.7 Å². The van der Waals surface area contributed by atoms with Crippen LogP contribution in [0.5, 0.6) is 5.75 Å². The minimum absolute atomic E-state index is 0.0214. The Morgan fingerprint density at radius 1 is 1.18 bits per heavy atom. The van der Waals surface area contributed by atoms with Crippen molar-refractivity contribution in [3.63, 3.8) is 0 Å². The largest absolute Gasteiger partial charge is 0.493 e. The molecule has 0 spiro atoms. The molecular formula is C27H35ClN4O5S. The van der Waals surface area contributed by atoms with Crippen molar-refractivity contribution in [3.8, 4) is 5.75 Å². The number of sulfonamides is 1. The number of hydrogen-bond acceptors (Lipinski definition) is 6. The number of piperazine rings is 1. The number of carbonyl (C=O) groups is 2. The van der Waals surface area contributed by atoms with E-state index < -0.39 is 27.9 Å². The van der Waals surface area contributed by atoms with Crippen LogP contribution in [0.3, 0.4) is 0 Å². The Labute approximate surface area is 229 Å². The molecule has 0 aliphatic carbocycles. The smallest absolute Gasteiger partial charge is 0.243 e. The average molecular weight is 563 g/mol. The van der Waals surface area contributed by atoms with E-state index in [2.05, 4.69) is 36.7 Å². The molecule has 206 valence electrons. The third-order valence-corrected chi connectivity index (χ3v) is 8.69. The summed E-state index contributed by atoms with van der Waals surface area (Å²) in [5.41, 5.74) is 2.13. The van der Waals surface area contributed by atoms with Gasteiger partial charge in [-0.3, -0.25) is 9.59 Å². The first-order valence-corrected chi connectivity index (χ1v) is 14.6. The van der Waals surface area contributed by atoms with E-state index in [1.807, 2.05) is 18.2 Å². The summed E-state index contributed by atoms with van der Waals surface area (Å²) < 4.78 is 33.6. The second-order valence-corrected chi connectivity index (χ2v) is 13.2. The lowest BCUT2D eigenvalue weighted by Crippen LogP contribution is -2.58. The van der Waals surface area contributed by atoms with Gasteiger partial charge in [0.25, 0.3) is 0 Å². The third-order valence-electron chi connectivity index (χ3n) is 6.52. The molecule has 2 aromatic carbocycles. The standard InChI is InChI=1S/C27H35ClN4O5S/c1-27(2,3)17-29-16-18-4-9-21-22(10-13-37-24(21)14-18)31-25(33)15-23-26(34)30-11-12-32(23)38(35,36)20-7-5-19(28)6-8-20/h4-9,14,22-23,29H,10-13,15-17H2,1-3H3,(H,30,34)(H,31,33)/t22-,23-/m1/s1. The highest BCUT2D eigenvalue weighted by Crippen LogP contribution is 2.33. The van der Waals surface area contributed by atoms with Gasteiger partial charge in [0, 0.05) is 43.2 Å². The summed E-state index contributed by atoms with van der Waals surface area (Å²) >= 11 is 5.91. The second kappa shape index (κ2) is 11.6. The van der Waals surface area contributed by atoms with Crippen molar-refractivity contribution < 1.29 is 22.7 Å². The summed E-state index contributed by atoms with van der Waals surface area (Å²) in [7, 11) is -4.00. The van der Waals surface area contributed by atoms with Crippen LogP contribution in [-0.2, 0) is 26.2 Å². The molecule has 2 aliphatic rings. The van der Waals surface area contributed by atoms with Gasteiger partial charge >= 0.3 is 0 Å². The lowest BCUT2D eigenvalue weighted by molar-refractivity contribution is -0.132. The first-order chi connectivity index (χ1) is 17.9. The minimum atomic E-state index is -4.00. The van der Waals surface area contributed by atoms with Gasteiger partial charge in [0.05, 0.1) is 24.0 Å². The quantitative estimate of drug-likeness (QED) is 0.455. The Kier molecular flexibility index (Phi) is 8.66. The van der Waals surface area contributed by atoms with Crippen LogP contribution in [0.1, 0.15) is 50.8 Å². The number of carbonyl (C=O) groups excluding carboxylic acids is 2. The number of nitrogens with zero attached hydrogens (tertiary/aromatic N) is 1. The molecule has 0 unspecified atom stereocenters. The van der Waals surface area contributed by atoms with Crippen molar-refractivity contribution in [3.05, 3.63) is 58.6 Å². The molecule has 0 saturated carbocycles. The maximum Gasteiger partial charge on any atom is 0.243 e. The molecule has 9 nitrogen and oxygen atoms in total. The molecule has 11 heteroatoms. The van der Waals surface area contributed by atoms with Crippen molar-refractivity contribution in [2.75, 3.05) is 26.2 Å². The number of halogens is 1. The number of amides is 2. The summed E-state index contributed by atoms with van der Waals surface area (Å²) in [4.78, 5) is 25.8. The van der Waals surface area contributed by atoms with E-state index in [1.54, 1.807) is 0 Å². The molecule has 3 N–H and O–H groups in total. The summed E-state index contributed by atoms with van der Waals surface area (Å²) in [6.07, 6.45) is 0.282. The lowest BCUT2D eigenvalue weighted by Gasteiger charge is -2.34. The number of rotatable bonds is 8. The molecule has 1 fully saturated rings. The zero-order valence-corrected chi connectivity index (χ0v) is 23.5. The number of nitrogens with one attached hydrogen (secondary N) is 3. The molecule has 0 aromatic heterocycles. The normalized spacial score (nSPS) is 20.3. The van der Waals surface area contributed by atoms with Crippen molar-refractivity contribution in [1.29, 1.82) is 0 Å². The van der Waals surface area contributed by atoms with Gasteiger partial charge in [0.1, 0.15) is 11.8 Å². The molecule has 2 amide bonds. The van der Waals surface area contributed by atoms with E-state index in [9.17, 15) is 18.0 Å². The van der Waals surface area contributed by atoms with Crippen LogP contribution in [0.4, 0.5) is 0 Å². The average Bonchev–Trinajstić information content (AvgIpc) is 2.85. The van der Waals surface area contributed by atoms with Crippen molar-refractivity contribution >= 4 is 33.4 Å². The third kappa shape index (κ3) is 6.85. The molecule has 0 radical (unpaired) electrons. The molecule has 38 heavy (non-hydrogen) atoms. The fourth-order valence-corrected chi connectivity index (χ4v) is 6.34. The van der Waals surface area contributed by atoms with Crippen LogP contribution in [0.2, 0.25) is 5.02 Å². The van der Waals surface area contributed by atoms with Gasteiger partial charge in [-0.25, -0.2) is 8.42 Å². The van der Waals surface area contributed by atoms with Gasteiger partial charge in [0.15, 0.2) is 0 Å². The van der Waals surface area contributed by atoms with Gasteiger partial charge in [-0.2, -0.15) is 4.31 Å². The molecule has 1 saturated heterocycles. The van der Waals surface area contributed by atoms with E-state index in [4.69, 9.17) is 16.3 Å². The predicted molar refractivity (Wildman–Crippen MR) is 145 cm³/mol. The van der Waals surface area contributed by atoms with E-state index in [0.29, 0.717) is 24.6 Å². The SMILES string of the molecule is CC(C)(C)CNCc1ccc2c(c1)OCC[C@H]2NC(=O)C[C@@H]1C(=O)NCCN1S(=O)(=O)c1ccc(Cl)cc1. The van der Waals surface area contributed by atoms with Crippen molar-refractivity contribution in [2.24, 2.45) is 5.41 Å². The zero-order chi connectivity index (χ0) is 27.5. The van der Waals surface area contributed by atoms with Crippen LogP contribution in [-0.4, -0.2) is 56.8 Å². The highest BCUT2D eigenvalue weighted by atomic mass is 35.5. The highest BCUT2D eigenvalue weighted by molar-refractivity contribution is 7.89. The maximum atomic E-state index is 13.3. The van der Waals surface area contributed by atoms with E-state index in [-0.39, 0.29) is 35.9 Å². The van der Waals surface area contributed by atoms with Crippen molar-refractivity contribution in [2.45, 2.75) is 57.1 Å². The summed E-state index contributed by atoms with van der Waals surface area (Å²) in [6.45, 7) is 8.79. The van der Waals surface area contributed by atoms with Gasteiger partial charge in [0.2, 0.25) is 21.8 Å². The Bertz CT molecular complexity index is 1280. The van der Waals surface area contributed by atoms with Crippen LogP contribution in [0.25, 0.3) is 0 Å². The minimum Gasteiger partial charge on any atom is -0.493 e. The van der Waals surface area contributed by atoms with E-state index >= 15 is 0 Å². The Morgan fingerprint density at radius 3 is 2.63 bits per heavy atom. The molecule has 4 rings (SSSR count). The summed E-state index contributed by atoms with van der Waals surface area (Å²) in [5, 5.41) is 9.52. The first-order valence-electron chi connectivity index (χ1n) is 12.7. The molecule has 2 atom stereocenters. The number of ether oxygens (including phenoxy) is 1. The van der Waals surface area contributed by atoms with Crippen molar-refractivity contribution in [1.82, 2.24) is 20.3 Å². The van der Waals surface area contributed by atoms with Crippen LogP contribution in [0, 0.1) is 5.41 Å². The lowest BCUT2D eigenvalue weighted by atomic mass is 9.96. The van der Waals surface area contributed by atoms with Gasteiger partial charge in [-0.1, -0.05) is 44.5 Å². The van der Waals surface area contributed by atoms with Gasteiger partial charge in [-0.05, 0) is 41.3 Å². The Morgan fingerprint density at radius 2 is 1.92 bits per heavy atom. The number of hydrogen-bond donors (Lipinski definition) is 3. The number of benzene rings is 2. The monoisotopic (exact) mass is 562 g/mol. The van der Waals surface area contributed by atoms with Crippen LogP contribution >= 0.6 is 11.6 Å². The van der Waals surface area contributed by atoms with Crippen LogP contribution in [0.15, 0.2) is 47.4 Å². The first kappa shape index (κ1) is 28.4. The van der Waals surface area contributed by atoms with Crippen LogP contribution < -0.4 is 20.7 Å². The molecule has 2 aliphatic heterocycles. The molecule has 0 bridgehead atoms. The maximum absolute atomic E-state index is 13.3. The summed E-state index contributed by atoms with van der Waals surface area (Å²) in [6, 6.07) is 10.3. The fraction of sp³-hybridized carbons (Fsp3) is 0.481. The predicted octanol–water partition coefficient (Wildman–Crippen LogP) is 2.99. The second-order valence-electron chi connectivity index (χ2n) is 10.9. The highest BCUT2D eigenvalue weighted by Gasteiger charge is 2.40. The Hall–Kier alpha value is -2.66. The molecular weight excluding hydrogens is 528 g/mol. The molecule has 2 aromatic rings. The zero-order valence-electron chi connectivity index (χ0n) is 21.9. The number of fused-ring (bicyclic) bond motifs is 1. The van der Waals surface area contributed by atoms with E-state index in [0.717, 1.165) is 27.7 Å². The Balaban J connectivity index is 1.44. The fourth-order valence-electron chi connectivity index (χ4n) is 4.62. The van der Waals surface area contributed by atoms with Gasteiger partial charge in [-0.15, -0.1) is 0 Å². The molecule has 2 heterocycles. The topological polar surface area (TPSA) is 117 Å².